The molecule has 0 heterocycles. The van der Waals surface area contributed by atoms with Crippen molar-refractivity contribution in [2.75, 3.05) is 13.7 Å². The second kappa shape index (κ2) is 4.75. The van der Waals surface area contributed by atoms with Gasteiger partial charge in [-0.2, -0.15) is 0 Å². The lowest BCUT2D eigenvalue weighted by Gasteiger charge is -2.25. The molecule has 0 spiro atoms. The average molecular weight is 203 g/mol. The minimum absolute atomic E-state index is 0.272. The molecule has 0 unspecified atom stereocenters. The van der Waals surface area contributed by atoms with Crippen LogP contribution < -0.4 is 5.73 Å². The Balaban J connectivity index is 3.94. The third kappa shape index (κ3) is 5.19. The lowest BCUT2D eigenvalue weighted by molar-refractivity contribution is -0.165. The SMILES string of the molecule is COC(=O)C(C)(C)OCCC(C)(C)N. The van der Waals surface area contributed by atoms with Gasteiger partial charge in [0.15, 0.2) is 5.60 Å². The zero-order valence-corrected chi connectivity index (χ0v) is 9.72. The number of methoxy groups -OCH3 is 1. The number of carbonyl (C=O) groups excluding carboxylic acids is 1. The van der Waals surface area contributed by atoms with Gasteiger partial charge in [0.25, 0.3) is 0 Å². The van der Waals surface area contributed by atoms with E-state index < -0.39 is 5.60 Å². The van der Waals surface area contributed by atoms with E-state index in [0.29, 0.717) is 13.0 Å². The molecule has 0 aliphatic heterocycles. The maximum Gasteiger partial charge on any atom is 0.337 e. The van der Waals surface area contributed by atoms with Gasteiger partial charge in [-0.15, -0.1) is 0 Å². The lowest BCUT2D eigenvalue weighted by Crippen LogP contribution is -2.39. The Kier molecular flexibility index (Phi) is 4.55. The first-order valence-electron chi connectivity index (χ1n) is 4.70. The van der Waals surface area contributed by atoms with E-state index in [1.54, 1.807) is 13.8 Å². The smallest absolute Gasteiger partial charge is 0.337 e. The van der Waals surface area contributed by atoms with Crippen molar-refractivity contribution >= 4 is 5.97 Å². The minimum atomic E-state index is -0.889. The van der Waals surface area contributed by atoms with E-state index in [-0.39, 0.29) is 11.5 Å². The molecule has 0 saturated carbocycles. The highest BCUT2D eigenvalue weighted by molar-refractivity contribution is 5.78. The fraction of sp³-hybridized carbons (Fsp3) is 0.900. The number of ether oxygens (including phenoxy) is 2. The number of esters is 1. The van der Waals surface area contributed by atoms with Gasteiger partial charge >= 0.3 is 5.97 Å². The fourth-order valence-electron chi connectivity index (χ4n) is 0.874. The Bertz CT molecular complexity index is 194. The summed E-state index contributed by atoms with van der Waals surface area (Å²) in [6.45, 7) is 7.65. The van der Waals surface area contributed by atoms with E-state index in [1.807, 2.05) is 13.8 Å². The van der Waals surface area contributed by atoms with Gasteiger partial charge < -0.3 is 15.2 Å². The highest BCUT2D eigenvalue weighted by Crippen LogP contribution is 2.13. The summed E-state index contributed by atoms with van der Waals surface area (Å²) < 4.78 is 10.0. The monoisotopic (exact) mass is 203 g/mol. The highest BCUT2D eigenvalue weighted by Gasteiger charge is 2.29. The molecule has 0 aliphatic rings. The number of carbonyl (C=O) groups is 1. The summed E-state index contributed by atoms with van der Waals surface area (Å²) in [6.07, 6.45) is 0.702. The summed E-state index contributed by atoms with van der Waals surface area (Å²) in [7, 11) is 1.35. The summed E-state index contributed by atoms with van der Waals surface area (Å²) in [6, 6.07) is 0. The van der Waals surface area contributed by atoms with E-state index >= 15 is 0 Å². The fourth-order valence-corrected chi connectivity index (χ4v) is 0.874. The largest absolute Gasteiger partial charge is 0.467 e. The molecule has 0 rings (SSSR count). The zero-order chi connectivity index (χ0) is 11.4. The van der Waals surface area contributed by atoms with Gasteiger partial charge in [0.2, 0.25) is 0 Å². The number of hydrogen-bond acceptors (Lipinski definition) is 4. The van der Waals surface area contributed by atoms with Crippen LogP contribution >= 0.6 is 0 Å². The lowest BCUT2D eigenvalue weighted by atomic mass is 10.0. The van der Waals surface area contributed by atoms with Crippen LogP contribution in [-0.2, 0) is 14.3 Å². The molecule has 0 aliphatic carbocycles. The predicted molar refractivity (Wildman–Crippen MR) is 54.9 cm³/mol. The quantitative estimate of drug-likeness (QED) is 0.679. The molecular formula is C10H21NO3. The Hall–Kier alpha value is -0.610. The predicted octanol–water partition coefficient (Wildman–Crippen LogP) is 1.08. The van der Waals surface area contributed by atoms with Gasteiger partial charge in [0, 0.05) is 12.1 Å². The molecule has 2 N–H and O–H groups in total. The zero-order valence-electron chi connectivity index (χ0n) is 9.72. The van der Waals surface area contributed by atoms with Crippen LogP contribution in [0.3, 0.4) is 0 Å². The maximum absolute atomic E-state index is 11.2. The van der Waals surface area contributed by atoms with Crippen LogP contribution in [0, 0.1) is 0 Å². The number of nitrogens with two attached hydrogens (primary N) is 1. The van der Waals surface area contributed by atoms with Gasteiger partial charge in [0.05, 0.1) is 7.11 Å². The van der Waals surface area contributed by atoms with Gasteiger partial charge in [-0.1, -0.05) is 0 Å². The van der Waals surface area contributed by atoms with Crippen LogP contribution in [0.5, 0.6) is 0 Å². The van der Waals surface area contributed by atoms with Crippen molar-refractivity contribution in [1.29, 1.82) is 0 Å². The topological polar surface area (TPSA) is 61.5 Å². The molecule has 14 heavy (non-hydrogen) atoms. The van der Waals surface area contributed by atoms with E-state index in [9.17, 15) is 4.79 Å². The summed E-state index contributed by atoms with van der Waals surface area (Å²) >= 11 is 0. The Morgan fingerprint density at radius 2 is 1.79 bits per heavy atom. The standard InChI is InChI=1S/C10H21NO3/c1-9(2,11)6-7-14-10(3,4)8(12)13-5/h6-7,11H2,1-5H3. The number of rotatable bonds is 5. The third-order valence-corrected chi connectivity index (χ3v) is 1.89. The van der Waals surface area contributed by atoms with Crippen LogP contribution in [0.15, 0.2) is 0 Å². The molecule has 0 aromatic rings. The summed E-state index contributed by atoms with van der Waals surface area (Å²) in [5.74, 6) is -0.368. The van der Waals surface area contributed by atoms with Crippen molar-refractivity contribution in [3.63, 3.8) is 0 Å². The molecule has 4 nitrogen and oxygen atoms in total. The maximum atomic E-state index is 11.2. The molecule has 0 saturated heterocycles. The van der Waals surface area contributed by atoms with Crippen LogP contribution in [0.4, 0.5) is 0 Å². The van der Waals surface area contributed by atoms with Crippen molar-refractivity contribution < 1.29 is 14.3 Å². The summed E-state index contributed by atoms with van der Waals surface area (Å²) in [5, 5.41) is 0. The Labute approximate surface area is 85.8 Å². The van der Waals surface area contributed by atoms with Gasteiger partial charge in [-0.05, 0) is 34.1 Å². The van der Waals surface area contributed by atoms with E-state index in [1.165, 1.54) is 7.11 Å². The van der Waals surface area contributed by atoms with Gasteiger partial charge in [-0.25, -0.2) is 4.79 Å². The van der Waals surface area contributed by atoms with Crippen LogP contribution in [0.1, 0.15) is 34.1 Å². The molecule has 84 valence electrons. The van der Waals surface area contributed by atoms with Gasteiger partial charge in [0.1, 0.15) is 0 Å². The molecule has 0 aromatic carbocycles. The first kappa shape index (κ1) is 13.4. The second-order valence-corrected chi connectivity index (χ2v) is 4.59. The van der Waals surface area contributed by atoms with E-state index in [0.717, 1.165) is 0 Å². The molecule has 0 atom stereocenters. The van der Waals surface area contributed by atoms with Crippen LogP contribution in [-0.4, -0.2) is 30.8 Å². The molecular weight excluding hydrogens is 182 g/mol. The van der Waals surface area contributed by atoms with Crippen molar-refractivity contribution in [3.8, 4) is 0 Å². The molecule has 0 bridgehead atoms. The van der Waals surface area contributed by atoms with Crippen molar-refractivity contribution in [2.45, 2.75) is 45.3 Å². The van der Waals surface area contributed by atoms with Crippen molar-refractivity contribution in [1.82, 2.24) is 0 Å². The second-order valence-electron chi connectivity index (χ2n) is 4.59. The summed E-state index contributed by atoms with van der Waals surface area (Å²) in [4.78, 5) is 11.2. The average Bonchev–Trinajstić information content (AvgIpc) is 2.00. The third-order valence-electron chi connectivity index (χ3n) is 1.89. The molecule has 0 fully saturated rings. The van der Waals surface area contributed by atoms with Crippen molar-refractivity contribution in [2.24, 2.45) is 5.73 Å². The minimum Gasteiger partial charge on any atom is -0.467 e. The highest BCUT2D eigenvalue weighted by atomic mass is 16.6. The Morgan fingerprint density at radius 1 is 1.29 bits per heavy atom. The van der Waals surface area contributed by atoms with E-state index in [2.05, 4.69) is 4.74 Å². The van der Waals surface area contributed by atoms with Crippen molar-refractivity contribution in [3.05, 3.63) is 0 Å². The van der Waals surface area contributed by atoms with Gasteiger partial charge in [-0.3, -0.25) is 0 Å². The van der Waals surface area contributed by atoms with Crippen LogP contribution in [0.25, 0.3) is 0 Å². The summed E-state index contributed by atoms with van der Waals surface area (Å²) in [5.41, 5.74) is 4.62. The Morgan fingerprint density at radius 3 is 2.14 bits per heavy atom. The van der Waals surface area contributed by atoms with E-state index in [4.69, 9.17) is 10.5 Å². The molecule has 0 radical (unpaired) electrons. The molecule has 4 heteroatoms. The van der Waals surface area contributed by atoms with Crippen LogP contribution in [0.2, 0.25) is 0 Å². The first-order chi connectivity index (χ1) is 6.19. The molecule has 0 aromatic heterocycles. The number of hydrogen-bond donors (Lipinski definition) is 1. The molecule has 0 amide bonds. The normalized spacial score (nSPS) is 12.7. The first-order valence-corrected chi connectivity index (χ1v) is 4.70.